The SMILES string of the molecule is COc1cccc(/C=N/N2C(=O)NC3(CCCCC3)C2=O)c1O. The number of phenolic OH excluding ortho intramolecular Hbond substituents is 1. The number of urea groups is 1. The third kappa shape index (κ3) is 2.62. The van der Waals surface area contributed by atoms with Crippen molar-refractivity contribution >= 4 is 18.2 Å². The standard InChI is InChI=1S/C16H19N3O4/c1-23-12-7-5-6-11(13(12)20)10-17-19-14(21)16(18-15(19)22)8-3-2-4-9-16/h5-7,10,20H,2-4,8-9H2,1H3,(H,18,22)/b17-10+. The maximum atomic E-state index is 12.6. The van der Waals surface area contributed by atoms with Crippen LogP contribution in [0.3, 0.4) is 0 Å². The molecule has 1 aliphatic carbocycles. The number of imide groups is 1. The van der Waals surface area contributed by atoms with Gasteiger partial charge < -0.3 is 15.2 Å². The number of para-hydroxylation sites is 1. The lowest BCUT2D eigenvalue weighted by Gasteiger charge is -2.29. The summed E-state index contributed by atoms with van der Waals surface area (Å²) in [6.07, 6.45) is 5.49. The summed E-state index contributed by atoms with van der Waals surface area (Å²) in [4.78, 5) is 24.6. The highest BCUT2D eigenvalue weighted by molar-refractivity contribution is 6.07. The van der Waals surface area contributed by atoms with Gasteiger partial charge in [0.2, 0.25) is 0 Å². The molecule has 1 aliphatic heterocycles. The quantitative estimate of drug-likeness (QED) is 0.659. The molecular formula is C16H19N3O4. The van der Waals surface area contributed by atoms with Gasteiger partial charge in [-0.3, -0.25) is 4.79 Å². The maximum absolute atomic E-state index is 12.6. The molecule has 7 heteroatoms. The van der Waals surface area contributed by atoms with Crippen LogP contribution in [-0.2, 0) is 4.79 Å². The molecule has 2 aliphatic rings. The van der Waals surface area contributed by atoms with Gasteiger partial charge in [0.1, 0.15) is 5.54 Å². The minimum Gasteiger partial charge on any atom is -0.504 e. The highest BCUT2D eigenvalue weighted by Gasteiger charge is 2.51. The summed E-state index contributed by atoms with van der Waals surface area (Å²) in [7, 11) is 1.44. The van der Waals surface area contributed by atoms with Crippen molar-refractivity contribution in [2.24, 2.45) is 5.10 Å². The van der Waals surface area contributed by atoms with Gasteiger partial charge in [0, 0.05) is 5.56 Å². The third-order valence-corrected chi connectivity index (χ3v) is 4.41. The van der Waals surface area contributed by atoms with Crippen LogP contribution in [-0.4, -0.2) is 40.9 Å². The second-order valence-electron chi connectivity index (χ2n) is 5.83. The number of aromatic hydroxyl groups is 1. The number of ether oxygens (including phenoxy) is 1. The summed E-state index contributed by atoms with van der Waals surface area (Å²) in [6, 6.07) is 4.40. The topological polar surface area (TPSA) is 91.2 Å². The van der Waals surface area contributed by atoms with Crippen LogP contribution in [0.1, 0.15) is 37.7 Å². The summed E-state index contributed by atoms with van der Waals surface area (Å²) in [5.74, 6) is -0.103. The number of nitrogens with one attached hydrogen (secondary N) is 1. The molecule has 122 valence electrons. The predicted molar refractivity (Wildman–Crippen MR) is 83.4 cm³/mol. The van der Waals surface area contributed by atoms with Gasteiger partial charge in [-0.15, -0.1) is 5.01 Å². The Balaban J connectivity index is 1.83. The monoisotopic (exact) mass is 317 g/mol. The van der Waals surface area contributed by atoms with E-state index < -0.39 is 11.6 Å². The minimum atomic E-state index is -0.802. The number of amides is 3. The lowest BCUT2D eigenvalue weighted by atomic mass is 9.82. The Morgan fingerprint density at radius 1 is 1.30 bits per heavy atom. The summed E-state index contributed by atoms with van der Waals surface area (Å²) >= 11 is 0. The molecule has 7 nitrogen and oxygen atoms in total. The molecule has 3 rings (SSSR count). The van der Waals surface area contributed by atoms with Crippen LogP contribution in [0.2, 0.25) is 0 Å². The number of benzene rings is 1. The molecule has 0 radical (unpaired) electrons. The molecule has 0 aromatic heterocycles. The lowest BCUT2D eigenvalue weighted by Crippen LogP contribution is -2.48. The molecule has 1 heterocycles. The Morgan fingerprint density at radius 2 is 2.04 bits per heavy atom. The summed E-state index contributed by atoms with van der Waals surface area (Å²) in [5, 5.41) is 17.6. The number of phenols is 1. The summed E-state index contributed by atoms with van der Waals surface area (Å²) in [6.45, 7) is 0. The van der Waals surface area contributed by atoms with Crippen molar-refractivity contribution < 1.29 is 19.4 Å². The smallest absolute Gasteiger partial charge is 0.346 e. The van der Waals surface area contributed by atoms with E-state index in [-0.39, 0.29) is 11.7 Å². The van der Waals surface area contributed by atoms with E-state index in [0.717, 1.165) is 24.3 Å². The number of hydrogen-bond donors (Lipinski definition) is 2. The zero-order valence-corrected chi connectivity index (χ0v) is 12.9. The molecule has 0 atom stereocenters. The first-order valence-corrected chi connectivity index (χ1v) is 7.64. The first kappa shape index (κ1) is 15.3. The minimum absolute atomic E-state index is 0.0850. The van der Waals surface area contributed by atoms with Crippen molar-refractivity contribution in [2.45, 2.75) is 37.6 Å². The molecule has 0 bridgehead atoms. The van der Waals surface area contributed by atoms with E-state index in [1.54, 1.807) is 18.2 Å². The Hall–Kier alpha value is -2.57. The van der Waals surface area contributed by atoms with Crippen LogP contribution >= 0.6 is 0 Å². The normalized spacial score (nSPS) is 20.3. The number of hydrogen-bond acceptors (Lipinski definition) is 5. The van der Waals surface area contributed by atoms with E-state index >= 15 is 0 Å². The lowest BCUT2D eigenvalue weighted by molar-refractivity contribution is -0.132. The zero-order valence-electron chi connectivity index (χ0n) is 12.9. The highest BCUT2D eigenvalue weighted by atomic mass is 16.5. The van der Waals surface area contributed by atoms with Gasteiger partial charge in [-0.25, -0.2) is 4.79 Å². The second-order valence-corrected chi connectivity index (χ2v) is 5.83. The average Bonchev–Trinajstić information content (AvgIpc) is 2.78. The van der Waals surface area contributed by atoms with Gasteiger partial charge in [0.05, 0.1) is 13.3 Å². The van der Waals surface area contributed by atoms with Gasteiger partial charge in [-0.05, 0) is 25.0 Å². The van der Waals surface area contributed by atoms with Crippen LogP contribution in [0, 0.1) is 0 Å². The second kappa shape index (κ2) is 5.91. The molecule has 1 aromatic carbocycles. The van der Waals surface area contributed by atoms with Crippen molar-refractivity contribution in [3.8, 4) is 11.5 Å². The Bertz CT molecular complexity index is 665. The highest BCUT2D eigenvalue weighted by Crippen LogP contribution is 2.34. The largest absolute Gasteiger partial charge is 0.504 e. The van der Waals surface area contributed by atoms with Crippen molar-refractivity contribution in [3.05, 3.63) is 23.8 Å². The molecule has 1 aromatic rings. The fourth-order valence-electron chi connectivity index (χ4n) is 3.13. The molecule has 2 N–H and O–H groups in total. The van der Waals surface area contributed by atoms with E-state index in [9.17, 15) is 14.7 Å². The van der Waals surface area contributed by atoms with E-state index in [2.05, 4.69) is 10.4 Å². The van der Waals surface area contributed by atoms with Gasteiger partial charge in [-0.2, -0.15) is 5.10 Å². The Morgan fingerprint density at radius 3 is 2.74 bits per heavy atom. The van der Waals surface area contributed by atoms with E-state index in [0.29, 0.717) is 24.2 Å². The zero-order chi connectivity index (χ0) is 16.4. The number of carbonyl (C=O) groups is 2. The van der Waals surface area contributed by atoms with Crippen LogP contribution < -0.4 is 10.1 Å². The fourth-order valence-corrected chi connectivity index (χ4v) is 3.13. The van der Waals surface area contributed by atoms with Crippen LogP contribution in [0.5, 0.6) is 11.5 Å². The molecule has 23 heavy (non-hydrogen) atoms. The van der Waals surface area contributed by atoms with E-state index in [4.69, 9.17) is 4.74 Å². The number of rotatable bonds is 3. The Labute approximate surface area is 133 Å². The molecule has 2 fully saturated rings. The van der Waals surface area contributed by atoms with Crippen LogP contribution in [0.4, 0.5) is 4.79 Å². The van der Waals surface area contributed by atoms with E-state index in [1.165, 1.54) is 13.3 Å². The van der Waals surface area contributed by atoms with Crippen LogP contribution in [0.25, 0.3) is 0 Å². The van der Waals surface area contributed by atoms with Crippen LogP contribution in [0.15, 0.2) is 23.3 Å². The predicted octanol–water partition coefficient (Wildman–Crippen LogP) is 1.99. The molecule has 1 spiro atoms. The summed E-state index contributed by atoms with van der Waals surface area (Å²) < 4.78 is 5.02. The maximum Gasteiger partial charge on any atom is 0.346 e. The van der Waals surface area contributed by atoms with Gasteiger partial charge in [-0.1, -0.05) is 25.3 Å². The first-order valence-electron chi connectivity index (χ1n) is 7.64. The van der Waals surface area contributed by atoms with E-state index in [1.807, 2.05) is 0 Å². The molecular weight excluding hydrogens is 298 g/mol. The number of hydrazone groups is 1. The molecule has 0 unspecified atom stereocenters. The number of nitrogens with zero attached hydrogens (tertiary/aromatic N) is 2. The van der Waals surface area contributed by atoms with Gasteiger partial charge in [0.25, 0.3) is 5.91 Å². The molecule has 3 amide bonds. The molecule has 1 saturated heterocycles. The average molecular weight is 317 g/mol. The van der Waals surface area contributed by atoms with Gasteiger partial charge >= 0.3 is 6.03 Å². The molecule has 1 saturated carbocycles. The van der Waals surface area contributed by atoms with Crippen molar-refractivity contribution in [1.29, 1.82) is 0 Å². The third-order valence-electron chi connectivity index (χ3n) is 4.41. The van der Waals surface area contributed by atoms with Gasteiger partial charge in [0.15, 0.2) is 11.5 Å². The number of carbonyl (C=O) groups excluding carboxylic acids is 2. The van der Waals surface area contributed by atoms with Crippen molar-refractivity contribution in [2.75, 3.05) is 7.11 Å². The fraction of sp³-hybridized carbons (Fsp3) is 0.438. The first-order chi connectivity index (χ1) is 11.1. The number of methoxy groups -OCH3 is 1. The van der Waals surface area contributed by atoms with Crippen molar-refractivity contribution in [1.82, 2.24) is 10.3 Å². The van der Waals surface area contributed by atoms with Crippen molar-refractivity contribution in [3.63, 3.8) is 0 Å². The summed E-state index contributed by atoms with van der Waals surface area (Å²) in [5.41, 5.74) is -0.433. The Kier molecular flexibility index (Phi) is 3.94.